The number of para-hydroxylation sites is 1. The maximum absolute atomic E-state index is 12.5. The largest absolute Gasteiger partial charge is 0.449 e. The molecule has 0 radical (unpaired) electrons. The Morgan fingerprint density at radius 2 is 1.79 bits per heavy atom. The molecule has 3 aromatic rings. The zero-order valence-electron chi connectivity index (χ0n) is 16.2. The maximum atomic E-state index is 12.5. The van der Waals surface area contributed by atoms with Crippen molar-refractivity contribution in [2.24, 2.45) is 5.92 Å². The van der Waals surface area contributed by atoms with Gasteiger partial charge in [0.25, 0.3) is 5.56 Å². The van der Waals surface area contributed by atoms with Crippen LogP contribution in [0.25, 0.3) is 10.9 Å². The highest BCUT2D eigenvalue weighted by Crippen LogP contribution is 2.15. The van der Waals surface area contributed by atoms with Crippen LogP contribution in [0.1, 0.15) is 13.8 Å². The van der Waals surface area contributed by atoms with Crippen LogP contribution in [0, 0.1) is 5.92 Å². The number of carbonyl (C=O) groups is 2. The van der Waals surface area contributed by atoms with E-state index in [1.165, 1.54) is 10.9 Å². The van der Waals surface area contributed by atoms with Gasteiger partial charge in [0, 0.05) is 11.4 Å². The lowest BCUT2D eigenvalue weighted by Crippen LogP contribution is -2.27. The summed E-state index contributed by atoms with van der Waals surface area (Å²) in [7, 11) is 0. The monoisotopic (exact) mass is 394 g/mol. The number of anilines is 2. The number of aromatic nitrogens is 2. The predicted molar refractivity (Wildman–Crippen MR) is 111 cm³/mol. The van der Waals surface area contributed by atoms with Crippen LogP contribution in [0.2, 0.25) is 0 Å². The Balaban J connectivity index is 1.65. The first kappa shape index (κ1) is 20.1. The lowest BCUT2D eigenvalue weighted by atomic mass is 10.2. The van der Waals surface area contributed by atoms with E-state index in [1.54, 1.807) is 48.5 Å². The number of benzene rings is 2. The molecule has 0 aliphatic rings. The van der Waals surface area contributed by atoms with Gasteiger partial charge in [-0.3, -0.25) is 19.5 Å². The highest BCUT2D eigenvalue weighted by atomic mass is 16.5. The number of carbonyl (C=O) groups excluding carboxylic acids is 2. The van der Waals surface area contributed by atoms with Crippen LogP contribution in [0.5, 0.6) is 0 Å². The second kappa shape index (κ2) is 9.01. The second-order valence-electron chi connectivity index (χ2n) is 6.94. The third-order valence-electron chi connectivity index (χ3n) is 3.99. The molecule has 2 amide bonds. The molecule has 0 atom stereocenters. The number of nitrogens with one attached hydrogen (secondary N) is 2. The molecule has 2 aromatic carbocycles. The summed E-state index contributed by atoms with van der Waals surface area (Å²) >= 11 is 0. The molecule has 8 heteroatoms. The minimum Gasteiger partial charge on any atom is -0.449 e. The highest BCUT2D eigenvalue weighted by Gasteiger charge is 2.10. The minimum atomic E-state index is -0.559. The lowest BCUT2D eigenvalue weighted by molar-refractivity contribution is -0.116. The first-order valence-corrected chi connectivity index (χ1v) is 9.20. The van der Waals surface area contributed by atoms with Crippen molar-refractivity contribution in [2.75, 3.05) is 17.2 Å². The second-order valence-corrected chi connectivity index (χ2v) is 6.94. The van der Waals surface area contributed by atoms with Crippen LogP contribution < -0.4 is 16.2 Å². The van der Waals surface area contributed by atoms with Gasteiger partial charge in [-0.2, -0.15) is 0 Å². The molecular weight excluding hydrogens is 372 g/mol. The number of amides is 2. The van der Waals surface area contributed by atoms with Crippen LogP contribution >= 0.6 is 0 Å². The van der Waals surface area contributed by atoms with Gasteiger partial charge in [-0.1, -0.05) is 32.0 Å². The van der Waals surface area contributed by atoms with Crippen LogP contribution in [0.15, 0.2) is 59.7 Å². The Bertz CT molecular complexity index is 1090. The Morgan fingerprint density at radius 1 is 1.07 bits per heavy atom. The number of ether oxygens (including phenoxy) is 1. The molecule has 1 heterocycles. The molecule has 0 bridgehead atoms. The molecule has 0 aliphatic heterocycles. The van der Waals surface area contributed by atoms with Gasteiger partial charge in [0.15, 0.2) is 0 Å². The van der Waals surface area contributed by atoms with E-state index in [0.717, 1.165) is 0 Å². The van der Waals surface area contributed by atoms with Gasteiger partial charge in [0.05, 0.1) is 23.8 Å². The SMILES string of the molecule is CC(C)COC(=O)Nc1cccc(NC(=O)Cn2cnc3ccccc3c2=O)c1. The van der Waals surface area contributed by atoms with Crippen molar-refractivity contribution in [1.82, 2.24) is 9.55 Å². The molecule has 0 unspecified atom stereocenters. The molecule has 0 spiro atoms. The molecule has 0 fully saturated rings. The van der Waals surface area contributed by atoms with Crippen molar-refractivity contribution in [1.29, 1.82) is 0 Å². The van der Waals surface area contributed by atoms with Gasteiger partial charge in [0.1, 0.15) is 6.54 Å². The summed E-state index contributed by atoms with van der Waals surface area (Å²) in [4.78, 5) is 40.8. The normalized spacial score (nSPS) is 10.7. The Labute approximate surface area is 167 Å². The Kier molecular flexibility index (Phi) is 6.23. The fourth-order valence-corrected chi connectivity index (χ4v) is 2.64. The first-order valence-electron chi connectivity index (χ1n) is 9.20. The lowest BCUT2D eigenvalue weighted by Gasteiger charge is -2.11. The van der Waals surface area contributed by atoms with Crippen LogP contribution in [-0.2, 0) is 16.1 Å². The summed E-state index contributed by atoms with van der Waals surface area (Å²) in [6.45, 7) is 4.03. The van der Waals surface area contributed by atoms with Crippen molar-refractivity contribution < 1.29 is 14.3 Å². The molecule has 0 saturated heterocycles. The number of hydrogen-bond acceptors (Lipinski definition) is 5. The summed E-state index contributed by atoms with van der Waals surface area (Å²) in [6, 6.07) is 13.6. The van der Waals surface area contributed by atoms with E-state index in [-0.39, 0.29) is 23.9 Å². The maximum Gasteiger partial charge on any atom is 0.411 e. The number of fused-ring (bicyclic) bond motifs is 1. The van der Waals surface area contributed by atoms with Gasteiger partial charge >= 0.3 is 6.09 Å². The fraction of sp³-hybridized carbons (Fsp3) is 0.238. The van der Waals surface area contributed by atoms with E-state index >= 15 is 0 Å². The van der Waals surface area contributed by atoms with Crippen LogP contribution in [0.4, 0.5) is 16.2 Å². The third-order valence-corrected chi connectivity index (χ3v) is 3.99. The van der Waals surface area contributed by atoms with E-state index in [1.807, 2.05) is 13.8 Å². The minimum absolute atomic E-state index is 0.176. The molecule has 29 heavy (non-hydrogen) atoms. The zero-order chi connectivity index (χ0) is 20.8. The van der Waals surface area contributed by atoms with Gasteiger partial charge in [-0.05, 0) is 36.2 Å². The van der Waals surface area contributed by atoms with Crippen molar-refractivity contribution in [3.05, 3.63) is 65.2 Å². The van der Waals surface area contributed by atoms with Gasteiger partial charge in [-0.25, -0.2) is 9.78 Å². The van der Waals surface area contributed by atoms with Crippen molar-refractivity contribution in [2.45, 2.75) is 20.4 Å². The predicted octanol–water partition coefficient (Wildman–Crippen LogP) is 3.24. The third kappa shape index (κ3) is 5.41. The fourth-order valence-electron chi connectivity index (χ4n) is 2.64. The van der Waals surface area contributed by atoms with Crippen molar-refractivity contribution in [3.63, 3.8) is 0 Å². The van der Waals surface area contributed by atoms with E-state index in [9.17, 15) is 14.4 Å². The molecule has 8 nitrogen and oxygen atoms in total. The van der Waals surface area contributed by atoms with Gasteiger partial charge in [-0.15, -0.1) is 0 Å². The summed E-state index contributed by atoms with van der Waals surface area (Å²) in [5, 5.41) is 5.78. The first-order chi connectivity index (χ1) is 13.9. The zero-order valence-corrected chi connectivity index (χ0v) is 16.2. The van der Waals surface area contributed by atoms with E-state index in [2.05, 4.69) is 15.6 Å². The Morgan fingerprint density at radius 3 is 2.55 bits per heavy atom. The highest BCUT2D eigenvalue weighted by molar-refractivity contribution is 5.92. The number of rotatable bonds is 6. The summed E-state index contributed by atoms with van der Waals surface area (Å²) in [6.07, 6.45) is 0.795. The topological polar surface area (TPSA) is 102 Å². The van der Waals surface area contributed by atoms with E-state index in [0.29, 0.717) is 28.9 Å². The Hall–Kier alpha value is -3.68. The molecule has 3 rings (SSSR count). The summed E-state index contributed by atoms with van der Waals surface area (Å²) in [5.41, 5.74) is 1.27. The molecule has 0 saturated carbocycles. The molecule has 1 aromatic heterocycles. The van der Waals surface area contributed by atoms with Gasteiger partial charge in [0.2, 0.25) is 5.91 Å². The quantitative estimate of drug-likeness (QED) is 0.668. The van der Waals surface area contributed by atoms with Crippen LogP contribution in [-0.4, -0.2) is 28.2 Å². The summed E-state index contributed by atoms with van der Waals surface area (Å²) in [5.74, 6) is -0.150. The molecule has 2 N–H and O–H groups in total. The number of nitrogens with zero attached hydrogens (tertiary/aromatic N) is 2. The standard InChI is InChI=1S/C21H22N4O4/c1-14(2)12-29-21(28)24-16-7-5-6-15(10-16)23-19(26)11-25-13-22-18-9-4-3-8-17(18)20(25)27/h3-10,13-14H,11-12H2,1-2H3,(H,23,26)(H,24,28). The molecule has 150 valence electrons. The van der Waals surface area contributed by atoms with E-state index < -0.39 is 6.09 Å². The van der Waals surface area contributed by atoms with Crippen LogP contribution in [0.3, 0.4) is 0 Å². The smallest absolute Gasteiger partial charge is 0.411 e. The van der Waals surface area contributed by atoms with E-state index in [4.69, 9.17) is 4.74 Å². The summed E-state index contributed by atoms with van der Waals surface area (Å²) < 4.78 is 6.33. The average molecular weight is 394 g/mol. The van der Waals surface area contributed by atoms with Crippen molar-refractivity contribution >= 4 is 34.3 Å². The molecule has 0 aliphatic carbocycles. The van der Waals surface area contributed by atoms with Gasteiger partial charge < -0.3 is 10.1 Å². The average Bonchev–Trinajstić information content (AvgIpc) is 2.69. The molecular formula is C21H22N4O4. The number of hydrogen-bond donors (Lipinski definition) is 2. The van der Waals surface area contributed by atoms with Crippen molar-refractivity contribution in [3.8, 4) is 0 Å².